The first-order valence-electron chi connectivity index (χ1n) is 8.48. The maximum atomic E-state index is 12.1. The molecule has 0 radical (unpaired) electrons. The van der Waals surface area contributed by atoms with E-state index in [2.05, 4.69) is 20.7 Å². The summed E-state index contributed by atoms with van der Waals surface area (Å²) in [6.45, 7) is 0. The second-order valence-electron chi connectivity index (χ2n) is 6.08. The summed E-state index contributed by atoms with van der Waals surface area (Å²) >= 11 is 3.39. The SMILES string of the molecule is N[C@@H](Cc1ccc(NS(=O)(=O)CCCCCCCCBr)cc1)C(=O)O. The van der Waals surface area contributed by atoms with Gasteiger partial charge in [0.25, 0.3) is 0 Å². The molecule has 0 aromatic heterocycles. The van der Waals surface area contributed by atoms with Gasteiger partial charge in [-0.3, -0.25) is 9.52 Å². The van der Waals surface area contributed by atoms with E-state index in [-0.39, 0.29) is 12.2 Å². The van der Waals surface area contributed by atoms with Gasteiger partial charge in [0.1, 0.15) is 6.04 Å². The largest absolute Gasteiger partial charge is 0.480 e. The number of nitrogens with one attached hydrogen (secondary N) is 1. The molecule has 1 aromatic rings. The number of unbranched alkanes of at least 4 members (excludes halogenated alkanes) is 5. The van der Waals surface area contributed by atoms with Crippen molar-refractivity contribution in [2.45, 2.75) is 51.0 Å². The molecule has 1 atom stereocenters. The maximum absolute atomic E-state index is 12.1. The monoisotopic (exact) mass is 434 g/mol. The number of nitrogens with two attached hydrogens (primary N) is 1. The van der Waals surface area contributed by atoms with E-state index in [0.717, 1.165) is 36.6 Å². The molecule has 8 heteroatoms. The van der Waals surface area contributed by atoms with Crippen molar-refractivity contribution in [1.82, 2.24) is 0 Å². The van der Waals surface area contributed by atoms with Crippen LogP contribution in [0.4, 0.5) is 5.69 Å². The highest BCUT2D eigenvalue weighted by atomic mass is 79.9. The van der Waals surface area contributed by atoms with Crippen molar-refractivity contribution in [3.63, 3.8) is 0 Å². The first kappa shape index (κ1) is 21.9. The molecule has 0 saturated carbocycles. The lowest BCUT2D eigenvalue weighted by molar-refractivity contribution is -0.138. The lowest BCUT2D eigenvalue weighted by atomic mass is 10.1. The van der Waals surface area contributed by atoms with Gasteiger partial charge in [-0.25, -0.2) is 8.42 Å². The predicted molar refractivity (Wildman–Crippen MR) is 105 cm³/mol. The molecule has 0 aliphatic carbocycles. The van der Waals surface area contributed by atoms with Gasteiger partial charge in [0, 0.05) is 11.0 Å². The van der Waals surface area contributed by atoms with E-state index in [0.29, 0.717) is 12.1 Å². The Balaban J connectivity index is 2.37. The van der Waals surface area contributed by atoms with Crippen molar-refractivity contribution < 1.29 is 18.3 Å². The molecule has 0 heterocycles. The van der Waals surface area contributed by atoms with E-state index in [1.807, 2.05) is 0 Å². The lowest BCUT2D eigenvalue weighted by Gasteiger charge is -2.10. The normalized spacial score (nSPS) is 12.7. The molecular formula is C17H27BrN2O4S. The molecule has 0 aliphatic heterocycles. The van der Waals surface area contributed by atoms with E-state index < -0.39 is 22.0 Å². The number of carboxylic acids is 1. The number of carboxylic acid groups (broad SMARTS) is 1. The average Bonchev–Trinajstić information content (AvgIpc) is 2.55. The Labute approximate surface area is 158 Å². The van der Waals surface area contributed by atoms with Crippen molar-refractivity contribution in [3.05, 3.63) is 29.8 Å². The molecule has 1 rings (SSSR count). The first-order valence-corrected chi connectivity index (χ1v) is 11.3. The number of sulfonamides is 1. The number of rotatable bonds is 13. The summed E-state index contributed by atoms with van der Waals surface area (Å²) in [6.07, 6.45) is 6.29. The van der Waals surface area contributed by atoms with Crippen molar-refractivity contribution in [2.24, 2.45) is 5.73 Å². The van der Waals surface area contributed by atoms with Gasteiger partial charge in [0.2, 0.25) is 10.0 Å². The Morgan fingerprint density at radius 3 is 2.20 bits per heavy atom. The zero-order valence-corrected chi connectivity index (χ0v) is 16.7. The second kappa shape index (κ2) is 11.5. The molecule has 0 aliphatic rings. The summed E-state index contributed by atoms with van der Waals surface area (Å²) in [7, 11) is -3.36. The minimum Gasteiger partial charge on any atom is -0.480 e. The van der Waals surface area contributed by atoms with E-state index in [9.17, 15) is 13.2 Å². The molecule has 4 N–H and O–H groups in total. The molecule has 6 nitrogen and oxygen atoms in total. The molecule has 0 saturated heterocycles. The van der Waals surface area contributed by atoms with Crippen LogP contribution in [0.25, 0.3) is 0 Å². The number of carbonyl (C=O) groups is 1. The molecule has 25 heavy (non-hydrogen) atoms. The number of anilines is 1. The van der Waals surface area contributed by atoms with Gasteiger partial charge >= 0.3 is 5.97 Å². The highest BCUT2D eigenvalue weighted by Crippen LogP contribution is 2.14. The number of hydrogen-bond donors (Lipinski definition) is 3. The Hall–Kier alpha value is -1.12. The van der Waals surface area contributed by atoms with Crippen LogP contribution in [0, 0.1) is 0 Å². The Morgan fingerprint density at radius 2 is 1.64 bits per heavy atom. The number of halogens is 1. The smallest absolute Gasteiger partial charge is 0.320 e. The van der Waals surface area contributed by atoms with Gasteiger partial charge in [0.15, 0.2) is 0 Å². The third-order valence-electron chi connectivity index (χ3n) is 3.80. The van der Waals surface area contributed by atoms with Crippen LogP contribution in [-0.2, 0) is 21.2 Å². The van der Waals surface area contributed by atoms with Crippen molar-refractivity contribution >= 4 is 37.6 Å². The van der Waals surface area contributed by atoms with Crippen LogP contribution >= 0.6 is 15.9 Å². The number of alkyl halides is 1. The summed E-state index contributed by atoms with van der Waals surface area (Å²) in [5, 5.41) is 9.82. The fourth-order valence-electron chi connectivity index (χ4n) is 2.37. The predicted octanol–water partition coefficient (Wildman–Crippen LogP) is 3.12. The van der Waals surface area contributed by atoms with Crippen LogP contribution in [0.3, 0.4) is 0 Å². The number of aliphatic carboxylic acids is 1. The Kier molecular flexibility index (Phi) is 10.1. The van der Waals surface area contributed by atoms with Crippen LogP contribution in [0.2, 0.25) is 0 Å². The van der Waals surface area contributed by atoms with Crippen molar-refractivity contribution in [2.75, 3.05) is 15.8 Å². The van der Waals surface area contributed by atoms with Crippen LogP contribution in [-0.4, -0.2) is 36.6 Å². The van der Waals surface area contributed by atoms with Crippen LogP contribution < -0.4 is 10.5 Å². The standard InChI is InChI=1S/C17H27BrN2O4S/c18-11-5-3-1-2-4-6-12-25(23,24)20-15-9-7-14(8-10-15)13-16(19)17(21)22/h7-10,16,20H,1-6,11-13,19H2,(H,21,22)/t16-/m0/s1. The van der Waals surface area contributed by atoms with E-state index in [4.69, 9.17) is 10.8 Å². The zero-order chi connectivity index (χ0) is 18.7. The van der Waals surface area contributed by atoms with Gasteiger partial charge in [-0.1, -0.05) is 53.7 Å². The molecular weight excluding hydrogens is 408 g/mol. The molecule has 142 valence electrons. The zero-order valence-electron chi connectivity index (χ0n) is 14.3. The van der Waals surface area contributed by atoms with Crippen molar-refractivity contribution in [1.29, 1.82) is 0 Å². The highest BCUT2D eigenvalue weighted by molar-refractivity contribution is 9.09. The van der Waals surface area contributed by atoms with Gasteiger partial charge in [-0.2, -0.15) is 0 Å². The molecule has 1 aromatic carbocycles. The fraction of sp³-hybridized carbons (Fsp3) is 0.588. The topological polar surface area (TPSA) is 109 Å². The summed E-state index contributed by atoms with van der Waals surface area (Å²) in [4.78, 5) is 10.7. The van der Waals surface area contributed by atoms with Crippen LogP contribution in [0.1, 0.15) is 44.1 Å². The second-order valence-corrected chi connectivity index (χ2v) is 8.71. The first-order chi connectivity index (χ1) is 11.8. The van der Waals surface area contributed by atoms with Gasteiger partial charge in [-0.15, -0.1) is 0 Å². The van der Waals surface area contributed by atoms with E-state index in [1.165, 1.54) is 6.42 Å². The molecule has 0 spiro atoms. The fourth-order valence-corrected chi connectivity index (χ4v) is 3.95. The summed E-state index contributed by atoms with van der Waals surface area (Å²) in [5.41, 5.74) is 6.71. The third-order valence-corrected chi connectivity index (χ3v) is 5.73. The minimum atomic E-state index is -3.36. The lowest BCUT2D eigenvalue weighted by Crippen LogP contribution is -2.32. The van der Waals surface area contributed by atoms with Crippen LogP contribution in [0.15, 0.2) is 24.3 Å². The van der Waals surface area contributed by atoms with E-state index in [1.54, 1.807) is 24.3 Å². The highest BCUT2D eigenvalue weighted by Gasteiger charge is 2.13. The molecule has 0 bridgehead atoms. The molecule has 0 amide bonds. The molecule has 0 fully saturated rings. The van der Waals surface area contributed by atoms with E-state index >= 15 is 0 Å². The van der Waals surface area contributed by atoms with Gasteiger partial charge < -0.3 is 10.8 Å². The Bertz CT molecular complexity index is 620. The van der Waals surface area contributed by atoms with Gasteiger partial charge in [-0.05, 0) is 37.0 Å². The minimum absolute atomic E-state index is 0.108. The van der Waals surface area contributed by atoms with Gasteiger partial charge in [0.05, 0.1) is 5.75 Å². The number of hydrogen-bond acceptors (Lipinski definition) is 4. The quantitative estimate of drug-likeness (QED) is 0.326. The maximum Gasteiger partial charge on any atom is 0.320 e. The summed E-state index contributed by atoms with van der Waals surface area (Å²) < 4.78 is 26.7. The number of benzene rings is 1. The summed E-state index contributed by atoms with van der Waals surface area (Å²) in [6, 6.07) is 5.66. The molecule has 0 unspecified atom stereocenters. The van der Waals surface area contributed by atoms with Crippen LogP contribution in [0.5, 0.6) is 0 Å². The third kappa shape index (κ3) is 9.81. The Morgan fingerprint density at radius 1 is 1.08 bits per heavy atom. The van der Waals surface area contributed by atoms with Crippen molar-refractivity contribution in [3.8, 4) is 0 Å². The summed E-state index contributed by atoms with van der Waals surface area (Å²) in [5.74, 6) is -0.950. The average molecular weight is 435 g/mol.